The molecule has 2 aromatic rings. The molecular formula is C14H10N2O. The lowest BCUT2D eigenvalue weighted by Crippen LogP contribution is -1.90. The molecule has 17 heavy (non-hydrogen) atoms. The van der Waals surface area contributed by atoms with E-state index in [1.807, 2.05) is 18.2 Å². The molecule has 1 aliphatic carbocycles. The molecule has 0 spiro atoms. The first kappa shape index (κ1) is 9.86. The maximum absolute atomic E-state index is 11.5. The van der Waals surface area contributed by atoms with Gasteiger partial charge in [0.1, 0.15) is 0 Å². The van der Waals surface area contributed by atoms with Gasteiger partial charge < -0.3 is 0 Å². The van der Waals surface area contributed by atoms with Crippen molar-refractivity contribution < 1.29 is 4.79 Å². The highest BCUT2D eigenvalue weighted by Gasteiger charge is 2.18. The molecule has 0 saturated heterocycles. The molecule has 0 radical (unpaired) electrons. The molecule has 1 aromatic carbocycles. The molecule has 0 atom stereocenters. The van der Waals surface area contributed by atoms with E-state index in [2.05, 4.69) is 22.0 Å². The number of benzene rings is 1. The minimum absolute atomic E-state index is 0.245. The third-order valence-corrected chi connectivity index (χ3v) is 2.88. The van der Waals surface area contributed by atoms with Crippen LogP contribution in [0.3, 0.4) is 0 Å². The third-order valence-electron chi connectivity index (χ3n) is 2.88. The molecule has 82 valence electrons. The highest BCUT2D eigenvalue weighted by Crippen LogP contribution is 2.22. The van der Waals surface area contributed by atoms with Crippen molar-refractivity contribution in [2.45, 2.75) is 12.8 Å². The highest BCUT2D eigenvalue weighted by atomic mass is 16.1. The van der Waals surface area contributed by atoms with Gasteiger partial charge in [-0.05, 0) is 30.2 Å². The number of H-pyrrole nitrogens is 1. The molecular weight excluding hydrogens is 212 g/mol. The quantitative estimate of drug-likeness (QED) is 0.692. The summed E-state index contributed by atoms with van der Waals surface area (Å²) >= 11 is 0. The Morgan fingerprint density at radius 2 is 2.06 bits per heavy atom. The van der Waals surface area contributed by atoms with Gasteiger partial charge in [-0.2, -0.15) is 5.10 Å². The van der Waals surface area contributed by atoms with Crippen LogP contribution in [0, 0.1) is 11.8 Å². The van der Waals surface area contributed by atoms with Crippen molar-refractivity contribution in [2.75, 3.05) is 0 Å². The van der Waals surface area contributed by atoms with E-state index < -0.39 is 0 Å². The van der Waals surface area contributed by atoms with E-state index in [9.17, 15) is 4.79 Å². The van der Waals surface area contributed by atoms with Crippen LogP contribution in [0.2, 0.25) is 0 Å². The average Bonchev–Trinajstić information content (AvgIpc) is 2.97. The van der Waals surface area contributed by atoms with Crippen molar-refractivity contribution in [3.05, 3.63) is 52.8 Å². The minimum atomic E-state index is 0.245. The van der Waals surface area contributed by atoms with E-state index in [0.717, 1.165) is 28.7 Å². The molecule has 3 nitrogen and oxygen atoms in total. The molecule has 3 rings (SSSR count). The number of aromatic nitrogens is 2. The maximum Gasteiger partial charge on any atom is 0.163 e. The normalized spacial score (nSPS) is 13.1. The van der Waals surface area contributed by atoms with E-state index in [0.29, 0.717) is 6.42 Å². The molecule has 3 heteroatoms. The van der Waals surface area contributed by atoms with E-state index in [1.54, 1.807) is 12.4 Å². The van der Waals surface area contributed by atoms with Crippen molar-refractivity contribution in [2.24, 2.45) is 0 Å². The SMILES string of the molecule is O=C1CCc2cc(C#Cc3cn[nH]c3)ccc21. The van der Waals surface area contributed by atoms with E-state index in [1.165, 1.54) is 0 Å². The number of carbonyl (C=O) groups excluding carboxylic acids is 1. The molecule has 0 fully saturated rings. The van der Waals surface area contributed by atoms with Gasteiger partial charge in [-0.25, -0.2) is 0 Å². The fourth-order valence-electron chi connectivity index (χ4n) is 2.00. The summed E-state index contributed by atoms with van der Waals surface area (Å²) in [6.07, 6.45) is 4.91. The van der Waals surface area contributed by atoms with Crippen molar-refractivity contribution in [3.63, 3.8) is 0 Å². The van der Waals surface area contributed by atoms with Crippen LogP contribution in [0.4, 0.5) is 0 Å². The van der Waals surface area contributed by atoms with Gasteiger partial charge in [0, 0.05) is 23.7 Å². The largest absolute Gasteiger partial charge is 0.294 e. The highest BCUT2D eigenvalue weighted by molar-refractivity contribution is 6.00. The zero-order valence-corrected chi connectivity index (χ0v) is 9.16. The van der Waals surface area contributed by atoms with Gasteiger partial charge in [-0.15, -0.1) is 0 Å². The number of hydrogen-bond donors (Lipinski definition) is 1. The second kappa shape index (κ2) is 3.91. The van der Waals surface area contributed by atoms with Gasteiger partial charge in [0.05, 0.1) is 11.8 Å². The fraction of sp³-hybridized carbons (Fsp3) is 0.143. The number of Topliss-reactive ketones (excluding diaryl/α,β-unsaturated/α-hetero) is 1. The molecule has 1 aromatic heterocycles. The van der Waals surface area contributed by atoms with Crippen molar-refractivity contribution >= 4 is 5.78 Å². The Morgan fingerprint density at radius 1 is 1.18 bits per heavy atom. The Kier molecular flexibility index (Phi) is 2.27. The number of aryl methyl sites for hydroxylation is 1. The summed E-state index contributed by atoms with van der Waals surface area (Å²) in [5.41, 5.74) is 3.79. The summed E-state index contributed by atoms with van der Waals surface area (Å²) in [6, 6.07) is 5.78. The number of carbonyl (C=O) groups is 1. The average molecular weight is 222 g/mol. The first-order chi connectivity index (χ1) is 8.33. The molecule has 0 bridgehead atoms. The van der Waals surface area contributed by atoms with E-state index >= 15 is 0 Å². The summed E-state index contributed by atoms with van der Waals surface area (Å²) in [4.78, 5) is 11.5. The first-order valence-electron chi connectivity index (χ1n) is 5.50. The summed E-state index contributed by atoms with van der Waals surface area (Å²) in [5, 5.41) is 6.55. The first-order valence-corrected chi connectivity index (χ1v) is 5.50. The topological polar surface area (TPSA) is 45.8 Å². The number of fused-ring (bicyclic) bond motifs is 1. The van der Waals surface area contributed by atoms with Gasteiger partial charge in [-0.3, -0.25) is 9.89 Å². The van der Waals surface area contributed by atoms with Crippen LogP contribution >= 0.6 is 0 Å². The molecule has 1 heterocycles. The number of nitrogens with one attached hydrogen (secondary N) is 1. The molecule has 1 N–H and O–H groups in total. The smallest absolute Gasteiger partial charge is 0.163 e. The predicted octanol–water partition coefficient (Wildman–Crippen LogP) is 1.94. The van der Waals surface area contributed by atoms with Crippen LogP contribution in [0.5, 0.6) is 0 Å². The lowest BCUT2D eigenvalue weighted by atomic mass is 10.1. The number of nitrogens with zero attached hydrogens (tertiary/aromatic N) is 1. The lowest BCUT2D eigenvalue weighted by molar-refractivity contribution is 0.0994. The fourth-order valence-corrected chi connectivity index (χ4v) is 2.00. The van der Waals surface area contributed by atoms with Crippen LogP contribution in [0.1, 0.15) is 33.5 Å². The van der Waals surface area contributed by atoms with E-state index in [4.69, 9.17) is 0 Å². The Hall–Kier alpha value is -2.34. The lowest BCUT2D eigenvalue weighted by Gasteiger charge is -1.97. The Labute approximate surface area is 98.9 Å². The predicted molar refractivity (Wildman–Crippen MR) is 63.7 cm³/mol. The van der Waals surface area contributed by atoms with Crippen LogP contribution < -0.4 is 0 Å². The molecule has 1 aliphatic rings. The second-order valence-electron chi connectivity index (χ2n) is 4.03. The molecule has 0 amide bonds. The Morgan fingerprint density at radius 3 is 2.88 bits per heavy atom. The van der Waals surface area contributed by atoms with Crippen LogP contribution in [0.15, 0.2) is 30.6 Å². The van der Waals surface area contributed by atoms with Crippen molar-refractivity contribution in [1.82, 2.24) is 10.2 Å². The van der Waals surface area contributed by atoms with Gasteiger partial charge in [0.15, 0.2) is 5.78 Å². The molecule has 0 aliphatic heterocycles. The van der Waals surface area contributed by atoms with E-state index in [-0.39, 0.29) is 5.78 Å². The van der Waals surface area contributed by atoms with Crippen LogP contribution in [0.25, 0.3) is 0 Å². The van der Waals surface area contributed by atoms with Crippen LogP contribution in [-0.2, 0) is 6.42 Å². The van der Waals surface area contributed by atoms with Gasteiger partial charge in [0.25, 0.3) is 0 Å². The number of ketones is 1. The summed E-state index contributed by atoms with van der Waals surface area (Å²) < 4.78 is 0. The van der Waals surface area contributed by atoms with Crippen LogP contribution in [-0.4, -0.2) is 16.0 Å². The zero-order chi connectivity index (χ0) is 11.7. The monoisotopic (exact) mass is 222 g/mol. The number of aromatic amines is 1. The van der Waals surface area contributed by atoms with Crippen molar-refractivity contribution in [3.8, 4) is 11.8 Å². The molecule has 0 unspecified atom stereocenters. The zero-order valence-electron chi connectivity index (χ0n) is 9.16. The number of hydrogen-bond acceptors (Lipinski definition) is 2. The Balaban J connectivity index is 1.93. The summed E-state index contributed by atoms with van der Waals surface area (Å²) in [6.45, 7) is 0. The number of rotatable bonds is 0. The summed E-state index contributed by atoms with van der Waals surface area (Å²) in [7, 11) is 0. The third kappa shape index (κ3) is 1.85. The summed E-state index contributed by atoms with van der Waals surface area (Å²) in [5.74, 6) is 6.33. The standard InChI is InChI=1S/C14H10N2O/c17-14-6-4-12-7-10(3-5-13(12)14)1-2-11-8-15-16-9-11/h3,5,7-9H,4,6H2,(H,15,16). The second-order valence-corrected chi connectivity index (χ2v) is 4.03. The minimum Gasteiger partial charge on any atom is -0.294 e. The van der Waals surface area contributed by atoms with Crippen molar-refractivity contribution in [1.29, 1.82) is 0 Å². The maximum atomic E-state index is 11.5. The molecule has 0 saturated carbocycles. The van der Waals surface area contributed by atoms with Gasteiger partial charge in [-0.1, -0.05) is 11.8 Å². The van der Waals surface area contributed by atoms with Gasteiger partial charge in [0.2, 0.25) is 0 Å². The van der Waals surface area contributed by atoms with Gasteiger partial charge >= 0.3 is 0 Å². The Bertz CT molecular complexity index is 630.